The maximum Gasteiger partial charge on any atom is 0.277 e. The third-order valence-corrected chi connectivity index (χ3v) is 2.59. The van der Waals surface area contributed by atoms with E-state index in [2.05, 4.69) is 10.3 Å². The van der Waals surface area contributed by atoms with Gasteiger partial charge in [0, 0.05) is 6.04 Å². The van der Waals surface area contributed by atoms with E-state index < -0.39 is 0 Å². The molecule has 2 rings (SSSR count). The summed E-state index contributed by atoms with van der Waals surface area (Å²) in [5.74, 6) is 0. The summed E-state index contributed by atoms with van der Waals surface area (Å²) in [5.41, 5.74) is 1.21. The summed E-state index contributed by atoms with van der Waals surface area (Å²) in [5, 5.41) is 3.12. The van der Waals surface area contributed by atoms with Gasteiger partial charge in [-0.3, -0.25) is 9.36 Å². The SMILES string of the molecule is CC1CCc2ncn(CC=O)c(=O)c2N1. The van der Waals surface area contributed by atoms with Crippen LogP contribution in [0.1, 0.15) is 19.0 Å². The van der Waals surface area contributed by atoms with Gasteiger partial charge in [-0.25, -0.2) is 4.98 Å². The maximum atomic E-state index is 11.9. The van der Waals surface area contributed by atoms with E-state index in [4.69, 9.17) is 0 Å². The first kappa shape index (κ1) is 9.89. The highest BCUT2D eigenvalue weighted by Gasteiger charge is 2.18. The molecule has 1 aromatic heterocycles. The lowest BCUT2D eigenvalue weighted by molar-refractivity contribution is -0.108. The van der Waals surface area contributed by atoms with Gasteiger partial charge < -0.3 is 10.1 Å². The molecule has 0 saturated heterocycles. The van der Waals surface area contributed by atoms with Crippen molar-refractivity contribution in [3.05, 3.63) is 22.4 Å². The van der Waals surface area contributed by atoms with Gasteiger partial charge in [-0.15, -0.1) is 0 Å². The number of carbonyl (C=O) groups excluding carboxylic acids is 1. The quantitative estimate of drug-likeness (QED) is 0.703. The van der Waals surface area contributed by atoms with Gasteiger partial charge in [0.15, 0.2) is 0 Å². The second kappa shape index (κ2) is 3.84. The molecule has 1 aliphatic rings. The fourth-order valence-corrected chi connectivity index (χ4v) is 1.74. The molecular weight excluding hydrogens is 194 g/mol. The Balaban J connectivity index is 2.46. The second-order valence-corrected chi connectivity index (χ2v) is 3.77. The molecule has 2 heterocycles. The first-order valence-electron chi connectivity index (χ1n) is 5.01. The summed E-state index contributed by atoms with van der Waals surface area (Å²) in [6.45, 7) is 2.09. The van der Waals surface area contributed by atoms with E-state index in [1.54, 1.807) is 0 Å². The predicted molar refractivity (Wildman–Crippen MR) is 56.0 cm³/mol. The molecule has 5 nitrogen and oxygen atoms in total. The van der Waals surface area contributed by atoms with Gasteiger partial charge in [-0.1, -0.05) is 0 Å². The summed E-state index contributed by atoms with van der Waals surface area (Å²) in [6, 6.07) is 0.291. The zero-order valence-electron chi connectivity index (χ0n) is 8.56. The van der Waals surface area contributed by atoms with Crippen molar-refractivity contribution in [1.82, 2.24) is 9.55 Å². The van der Waals surface area contributed by atoms with Gasteiger partial charge in [-0.2, -0.15) is 0 Å². The molecule has 0 radical (unpaired) electrons. The summed E-state index contributed by atoms with van der Waals surface area (Å²) >= 11 is 0. The van der Waals surface area contributed by atoms with Crippen LogP contribution in [0, 0.1) is 0 Å². The molecular formula is C10H13N3O2. The van der Waals surface area contributed by atoms with Crippen LogP contribution in [0.2, 0.25) is 0 Å². The Morgan fingerprint density at radius 1 is 1.73 bits per heavy atom. The van der Waals surface area contributed by atoms with Crippen molar-refractivity contribution >= 4 is 12.0 Å². The molecule has 5 heteroatoms. The predicted octanol–water partition coefficient (Wildman–Crippen LogP) is 0.189. The first-order valence-corrected chi connectivity index (χ1v) is 5.01. The Hall–Kier alpha value is -1.65. The number of carbonyl (C=O) groups is 1. The Kier molecular flexibility index (Phi) is 2.53. The third kappa shape index (κ3) is 1.77. The fraction of sp³-hybridized carbons (Fsp3) is 0.500. The normalized spacial score (nSPS) is 19.1. The minimum atomic E-state index is -0.154. The number of aryl methyl sites for hydroxylation is 1. The number of hydrogen-bond acceptors (Lipinski definition) is 4. The molecule has 0 fully saturated rings. The highest BCUT2D eigenvalue weighted by Crippen LogP contribution is 2.18. The summed E-state index contributed by atoms with van der Waals surface area (Å²) in [6.07, 6.45) is 3.94. The van der Waals surface area contributed by atoms with E-state index in [9.17, 15) is 9.59 Å². The molecule has 0 bridgehead atoms. The van der Waals surface area contributed by atoms with Gasteiger partial charge in [0.1, 0.15) is 12.0 Å². The standard InChI is InChI=1S/C10H13N3O2/c1-7-2-3-8-9(12-7)10(15)13(4-5-14)6-11-8/h5-7,12H,2-4H2,1H3. The highest BCUT2D eigenvalue weighted by atomic mass is 16.1. The Labute approximate surface area is 87.1 Å². The molecule has 1 aromatic rings. The zero-order valence-corrected chi connectivity index (χ0v) is 8.56. The van der Waals surface area contributed by atoms with Gasteiger partial charge in [0.25, 0.3) is 5.56 Å². The lowest BCUT2D eigenvalue weighted by Gasteiger charge is -2.22. The van der Waals surface area contributed by atoms with E-state index in [0.29, 0.717) is 18.0 Å². The molecule has 0 saturated carbocycles. The van der Waals surface area contributed by atoms with Crippen LogP contribution in [0.4, 0.5) is 5.69 Å². The molecule has 0 spiro atoms. The molecule has 0 aromatic carbocycles. The topological polar surface area (TPSA) is 64.0 Å². The summed E-state index contributed by atoms with van der Waals surface area (Å²) in [7, 11) is 0. The van der Waals surface area contributed by atoms with E-state index in [0.717, 1.165) is 18.5 Å². The molecule has 1 aliphatic heterocycles. The van der Waals surface area contributed by atoms with E-state index in [1.807, 2.05) is 6.92 Å². The van der Waals surface area contributed by atoms with Crippen molar-refractivity contribution in [3.8, 4) is 0 Å². The van der Waals surface area contributed by atoms with Gasteiger partial charge in [-0.05, 0) is 19.8 Å². The van der Waals surface area contributed by atoms with Crippen molar-refractivity contribution < 1.29 is 4.79 Å². The fourth-order valence-electron chi connectivity index (χ4n) is 1.74. The van der Waals surface area contributed by atoms with Crippen molar-refractivity contribution in [2.24, 2.45) is 0 Å². The second-order valence-electron chi connectivity index (χ2n) is 3.77. The number of hydrogen-bond donors (Lipinski definition) is 1. The maximum absolute atomic E-state index is 11.9. The number of rotatable bonds is 2. The number of nitrogens with zero attached hydrogens (tertiary/aromatic N) is 2. The average molecular weight is 207 g/mol. The number of anilines is 1. The van der Waals surface area contributed by atoms with Crippen LogP contribution < -0.4 is 10.9 Å². The lowest BCUT2D eigenvalue weighted by atomic mass is 10.0. The van der Waals surface area contributed by atoms with Crippen molar-refractivity contribution in [1.29, 1.82) is 0 Å². The summed E-state index contributed by atoms with van der Waals surface area (Å²) in [4.78, 5) is 26.4. The number of aromatic nitrogens is 2. The smallest absolute Gasteiger partial charge is 0.277 e. The largest absolute Gasteiger partial charge is 0.377 e. The van der Waals surface area contributed by atoms with Crippen molar-refractivity contribution in [3.63, 3.8) is 0 Å². The van der Waals surface area contributed by atoms with E-state index in [1.165, 1.54) is 10.9 Å². The minimum absolute atomic E-state index is 0.0647. The lowest BCUT2D eigenvalue weighted by Crippen LogP contribution is -2.33. The van der Waals surface area contributed by atoms with Crippen molar-refractivity contribution in [2.75, 3.05) is 5.32 Å². The van der Waals surface area contributed by atoms with Gasteiger partial charge in [0.2, 0.25) is 0 Å². The van der Waals surface area contributed by atoms with Crippen LogP contribution >= 0.6 is 0 Å². The molecule has 0 amide bonds. The molecule has 15 heavy (non-hydrogen) atoms. The number of nitrogens with one attached hydrogen (secondary N) is 1. The molecule has 1 unspecified atom stereocenters. The monoisotopic (exact) mass is 207 g/mol. The van der Waals surface area contributed by atoms with Crippen LogP contribution in [0.5, 0.6) is 0 Å². The molecule has 0 aliphatic carbocycles. The Morgan fingerprint density at radius 2 is 2.53 bits per heavy atom. The van der Waals surface area contributed by atoms with Gasteiger partial charge >= 0.3 is 0 Å². The third-order valence-electron chi connectivity index (χ3n) is 2.59. The van der Waals surface area contributed by atoms with Crippen LogP contribution in [-0.4, -0.2) is 21.9 Å². The minimum Gasteiger partial charge on any atom is -0.377 e. The van der Waals surface area contributed by atoms with Crippen LogP contribution in [-0.2, 0) is 17.8 Å². The average Bonchev–Trinajstić information content (AvgIpc) is 2.23. The molecule has 1 N–H and O–H groups in total. The zero-order chi connectivity index (χ0) is 10.8. The Morgan fingerprint density at radius 3 is 3.27 bits per heavy atom. The highest BCUT2D eigenvalue weighted by molar-refractivity contribution is 5.52. The van der Waals surface area contributed by atoms with Gasteiger partial charge in [0.05, 0.1) is 18.6 Å². The number of fused-ring (bicyclic) bond motifs is 1. The first-order chi connectivity index (χ1) is 7.22. The van der Waals surface area contributed by atoms with Crippen LogP contribution in [0.15, 0.2) is 11.1 Å². The van der Waals surface area contributed by atoms with Crippen molar-refractivity contribution in [2.45, 2.75) is 32.4 Å². The molecule has 80 valence electrons. The van der Waals surface area contributed by atoms with Crippen LogP contribution in [0.25, 0.3) is 0 Å². The molecule has 1 atom stereocenters. The Bertz CT molecular complexity index is 439. The van der Waals surface area contributed by atoms with Crippen LogP contribution in [0.3, 0.4) is 0 Å². The van der Waals surface area contributed by atoms with E-state index in [-0.39, 0.29) is 12.1 Å². The number of aldehydes is 1. The van der Waals surface area contributed by atoms with E-state index >= 15 is 0 Å². The summed E-state index contributed by atoms with van der Waals surface area (Å²) < 4.78 is 1.32.